The third-order valence-electron chi connectivity index (χ3n) is 2.80. The predicted octanol–water partition coefficient (Wildman–Crippen LogP) is 4.14. The van der Waals surface area contributed by atoms with E-state index in [1.165, 1.54) is 18.2 Å². The smallest absolute Gasteiger partial charge is 0.422 e. The highest BCUT2D eigenvalue weighted by Crippen LogP contribution is 2.33. The summed E-state index contributed by atoms with van der Waals surface area (Å²) in [7, 11) is 0. The molecular formula is C15H17F3N2O3. The van der Waals surface area contributed by atoms with Gasteiger partial charge in [-0.15, -0.1) is 0 Å². The Bertz CT molecular complexity index is 702. The Morgan fingerprint density at radius 2 is 2.00 bits per heavy atom. The Morgan fingerprint density at radius 1 is 1.30 bits per heavy atom. The Hall–Kier alpha value is -2.25. The van der Waals surface area contributed by atoms with Crippen molar-refractivity contribution in [1.29, 1.82) is 0 Å². The van der Waals surface area contributed by atoms with Crippen molar-refractivity contribution in [3.05, 3.63) is 18.2 Å². The molecule has 0 saturated heterocycles. The summed E-state index contributed by atoms with van der Waals surface area (Å²) in [6.45, 7) is 4.24. The molecule has 0 atom stereocenters. The number of fused-ring (bicyclic) bond motifs is 1. The maximum absolute atomic E-state index is 12.3. The largest absolute Gasteiger partial charge is 0.483 e. The highest BCUT2D eigenvalue weighted by molar-refractivity contribution is 6.01. The normalized spacial score (nSPS) is 12.4. The van der Waals surface area contributed by atoms with Crippen LogP contribution in [0.1, 0.15) is 27.2 Å². The summed E-state index contributed by atoms with van der Waals surface area (Å²) >= 11 is 0. The number of nitrogens with zero attached hydrogens (tertiary/aromatic N) is 1. The molecule has 2 aromatic rings. The molecule has 1 amide bonds. The second kappa shape index (κ2) is 6.10. The maximum atomic E-state index is 12.3. The first-order chi connectivity index (χ1) is 10.6. The van der Waals surface area contributed by atoms with Gasteiger partial charge in [0, 0.05) is 6.42 Å². The van der Waals surface area contributed by atoms with Crippen molar-refractivity contribution in [3.63, 3.8) is 0 Å². The Labute approximate surface area is 130 Å². The fraction of sp³-hybridized carbons (Fsp3) is 0.467. The summed E-state index contributed by atoms with van der Waals surface area (Å²) in [5.74, 6) is -0.308. The van der Waals surface area contributed by atoms with Crippen LogP contribution in [-0.4, -0.2) is 23.8 Å². The van der Waals surface area contributed by atoms with Crippen molar-refractivity contribution in [2.45, 2.75) is 33.4 Å². The molecule has 0 radical (unpaired) electrons. The van der Waals surface area contributed by atoms with Crippen molar-refractivity contribution in [2.24, 2.45) is 5.41 Å². The van der Waals surface area contributed by atoms with Crippen molar-refractivity contribution in [3.8, 4) is 5.75 Å². The zero-order valence-corrected chi connectivity index (χ0v) is 13.0. The molecule has 0 spiro atoms. The minimum Gasteiger partial charge on any atom is -0.483 e. The lowest BCUT2D eigenvalue weighted by Gasteiger charge is -2.16. The van der Waals surface area contributed by atoms with Gasteiger partial charge in [-0.3, -0.25) is 4.79 Å². The van der Waals surface area contributed by atoms with Gasteiger partial charge in [0.15, 0.2) is 18.0 Å². The van der Waals surface area contributed by atoms with Gasteiger partial charge in [0.1, 0.15) is 11.1 Å². The van der Waals surface area contributed by atoms with Crippen LogP contribution >= 0.6 is 0 Å². The number of amides is 1. The van der Waals surface area contributed by atoms with Crippen LogP contribution in [0.25, 0.3) is 11.0 Å². The van der Waals surface area contributed by atoms with Crippen molar-refractivity contribution < 1.29 is 27.2 Å². The number of anilines is 1. The van der Waals surface area contributed by atoms with Crippen LogP contribution in [0.15, 0.2) is 22.7 Å². The van der Waals surface area contributed by atoms with Gasteiger partial charge < -0.3 is 14.6 Å². The first-order valence-corrected chi connectivity index (χ1v) is 6.93. The number of aromatic nitrogens is 1. The second-order valence-corrected chi connectivity index (χ2v) is 6.35. The number of benzene rings is 1. The fourth-order valence-corrected chi connectivity index (χ4v) is 1.98. The fourth-order valence-electron chi connectivity index (χ4n) is 1.98. The third-order valence-corrected chi connectivity index (χ3v) is 2.80. The topological polar surface area (TPSA) is 64.4 Å². The number of alkyl halides is 3. The molecule has 0 fully saturated rings. The van der Waals surface area contributed by atoms with Gasteiger partial charge in [-0.2, -0.15) is 13.2 Å². The number of hydrogen-bond acceptors (Lipinski definition) is 4. The van der Waals surface area contributed by atoms with E-state index < -0.39 is 12.8 Å². The molecule has 0 unspecified atom stereocenters. The zero-order chi connectivity index (χ0) is 17.3. The van der Waals surface area contributed by atoms with Gasteiger partial charge in [0.2, 0.25) is 5.91 Å². The molecule has 0 aliphatic carbocycles. The standard InChI is InChI=1S/C15H17F3N2O3/c1-14(2,3)7-11(21)19-13-12-9(22-8-15(16,17)18)5-4-6-10(12)23-20-13/h4-6H,7-8H2,1-3H3,(H,19,20,21). The molecule has 0 aliphatic rings. The lowest BCUT2D eigenvalue weighted by Crippen LogP contribution is -2.20. The van der Waals surface area contributed by atoms with E-state index in [0.717, 1.165) is 0 Å². The molecule has 0 saturated carbocycles. The molecule has 5 nitrogen and oxygen atoms in total. The van der Waals surface area contributed by atoms with E-state index in [4.69, 9.17) is 9.26 Å². The van der Waals surface area contributed by atoms with E-state index in [0.29, 0.717) is 0 Å². The van der Waals surface area contributed by atoms with E-state index in [9.17, 15) is 18.0 Å². The molecular weight excluding hydrogens is 313 g/mol. The van der Waals surface area contributed by atoms with Crippen molar-refractivity contribution >= 4 is 22.7 Å². The lowest BCUT2D eigenvalue weighted by atomic mass is 9.92. The molecule has 8 heteroatoms. The maximum Gasteiger partial charge on any atom is 0.422 e. The van der Waals surface area contributed by atoms with E-state index in [1.54, 1.807) is 0 Å². The highest BCUT2D eigenvalue weighted by Gasteiger charge is 2.29. The van der Waals surface area contributed by atoms with E-state index in [2.05, 4.69) is 10.5 Å². The van der Waals surface area contributed by atoms with Gasteiger partial charge >= 0.3 is 6.18 Å². The van der Waals surface area contributed by atoms with Crippen LogP contribution in [0, 0.1) is 5.41 Å². The summed E-state index contributed by atoms with van der Waals surface area (Å²) in [5.41, 5.74) is -0.00471. The molecule has 1 heterocycles. The summed E-state index contributed by atoms with van der Waals surface area (Å²) in [6.07, 6.45) is -4.23. The van der Waals surface area contributed by atoms with Crippen LogP contribution in [-0.2, 0) is 4.79 Å². The molecule has 23 heavy (non-hydrogen) atoms. The lowest BCUT2D eigenvalue weighted by molar-refractivity contribution is -0.153. The Balaban J connectivity index is 2.26. The third kappa shape index (κ3) is 4.87. The van der Waals surface area contributed by atoms with Crippen LogP contribution in [0.3, 0.4) is 0 Å². The second-order valence-electron chi connectivity index (χ2n) is 6.35. The van der Waals surface area contributed by atoms with Crippen LogP contribution < -0.4 is 10.1 Å². The number of hydrogen-bond donors (Lipinski definition) is 1. The minimum atomic E-state index is -4.46. The SMILES string of the molecule is CC(C)(C)CC(=O)Nc1noc2cccc(OCC(F)(F)F)c12. The molecule has 126 valence electrons. The Kier molecular flexibility index (Phi) is 4.53. The number of carbonyl (C=O) groups is 1. The number of ether oxygens (including phenoxy) is 1. The Morgan fingerprint density at radius 3 is 2.61 bits per heavy atom. The molecule has 0 aliphatic heterocycles. The molecule has 0 bridgehead atoms. The number of carbonyl (C=O) groups excluding carboxylic acids is 1. The molecule has 1 aromatic heterocycles. The van der Waals surface area contributed by atoms with Crippen molar-refractivity contribution in [2.75, 3.05) is 11.9 Å². The predicted molar refractivity (Wildman–Crippen MR) is 78.3 cm³/mol. The average molecular weight is 330 g/mol. The van der Waals surface area contributed by atoms with Crippen LogP contribution in [0.5, 0.6) is 5.75 Å². The monoisotopic (exact) mass is 330 g/mol. The first-order valence-electron chi connectivity index (χ1n) is 6.93. The van der Waals surface area contributed by atoms with Gasteiger partial charge in [-0.1, -0.05) is 32.0 Å². The first kappa shape index (κ1) is 17.1. The van der Waals surface area contributed by atoms with E-state index in [1.807, 2.05) is 20.8 Å². The summed E-state index contributed by atoms with van der Waals surface area (Å²) in [5, 5.41) is 6.46. The van der Waals surface area contributed by atoms with Gasteiger partial charge in [0.05, 0.1) is 0 Å². The van der Waals surface area contributed by atoms with Crippen LogP contribution in [0.2, 0.25) is 0 Å². The van der Waals surface area contributed by atoms with E-state index >= 15 is 0 Å². The minimum absolute atomic E-state index is 0.0482. The molecule has 2 rings (SSSR count). The van der Waals surface area contributed by atoms with Gasteiger partial charge in [0.25, 0.3) is 0 Å². The van der Waals surface area contributed by atoms with E-state index in [-0.39, 0.29) is 40.3 Å². The highest BCUT2D eigenvalue weighted by atomic mass is 19.4. The zero-order valence-electron chi connectivity index (χ0n) is 13.0. The van der Waals surface area contributed by atoms with Gasteiger partial charge in [-0.25, -0.2) is 0 Å². The van der Waals surface area contributed by atoms with Crippen molar-refractivity contribution in [1.82, 2.24) is 5.16 Å². The van der Waals surface area contributed by atoms with Crippen LogP contribution in [0.4, 0.5) is 19.0 Å². The quantitative estimate of drug-likeness (QED) is 0.915. The summed E-state index contributed by atoms with van der Waals surface area (Å²) in [4.78, 5) is 12.0. The average Bonchev–Trinajstić information content (AvgIpc) is 2.77. The summed E-state index contributed by atoms with van der Waals surface area (Å²) < 4.78 is 46.8. The summed E-state index contributed by atoms with van der Waals surface area (Å²) in [6, 6.07) is 4.38. The number of halogens is 3. The number of nitrogens with one attached hydrogen (secondary N) is 1. The molecule has 1 aromatic carbocycles. The molecule has 1 N–H and O–H groups in total. The number of rotatable bonds is 4. The van der Waals surface area contributed by atoms with Gasteiger partial charge in [-0.05, 0) is 17.5 Å².